The van der Waals surface area contributed by atoms with Gasteiger partial charge in [0.2, 0.25) is 0 Å². The van der Waals surface area contributed by atoms with E-state index in [2.05, 4.69) is 15.9 Å². The lowest BCUT2D eigenvalue weighted by atomic mass is 9.91. The summed E-state index contributed by atoms with van der Waals surface area (Å²) in [7, 11) is 0. The SMILES string of the molecule is CC(C)C(=O)C(C)c1cccc(Br)c1. The molecule has 14 heavy (non-hydrogen) atoms. The van der Waals surface area contributed by atoms with Crippen molar-refractivity contribution in [3.63, 3.8) is 0 Å². The van der Waals surface area contributed by atoms with Crippen LogP contribution < -0.4 is 0 Å². The quantitative estimate of drug-likeness (QED) is 0.803. The van der Waals surface area contributed by atoms with Crippen molar-refractivity contribution in [2.24, 2.45) is 5.92 Å². The fourth-order valence-electron chi connectivity index (χ4n) is 1.44. The van der Waals surface area contributed by atoms with Gasteiger partial charge >= 0.3 is 0 Å². The van der Waals surface area contributed by atoms with Gasteiger partial charge in [0.15, 0.2) is 0 Å². The van der Waals surface area contributed by atoms with Gasteiger partial charge in [-0.15, -0.1) is 0 Å². The summed E-state index contributed by atoms with van der Waals surface area (Å²) < 4.78 is 1.03. The lowest BCUT2D eigenvalue weighted by Gasteiger charge is -2.13. The third kappa shape index (κ3) is 2.68. The van der Waals surface area contributed by atoms with Crippen LogP contribution in [0.3, 0.4) is 0 Å². The molecule has 0 radical (unpaired) electrons. The molecule has 0 bridgehead atoms. The Labute approximate surface area is 93.7 Å². The molecular formula is C12H15BrO. The van der Waals surface area contributed by atoms with Gasteiger partial charge in [-0.05, 0) is 17.7 Å². The number of hydrogen-bond acceptors (Lipinski definition) is 1. The van der Waals surface area contributed by atoms with E-state index < -0.39 is 0 Å². The van der Waals surface area contributed by atoms with Crippen molar-refractivity contribution < 1.29 is 4.79 Å². The van der Waals surface area contributed by atoms with Crippen LogP contribution in [0.5, 0.6) is 0 Å². The number of hydrogen-bond donors (Lipinski definition) is 0. The molecule has 1 rings (SSSR count). The van der Waals surface area contributed by atoms with Gasteiger partial charge in [0.1, 0.15) is 5.78 Å². The average molecular weight is 255 g/mol. The molecule has 0 amide bonds. The highest BCUT2D eigenvalue weighted by molar-refractivity contribution is 9.10. The number of Topliss-reactive ketones (excluding diaryl/α,β-unsaturated/α-hetero) is 1. The van der Waals surface area contributed by atoms with Crippen LogP contribution >= 0.6 is 15.9 Å². The molecule has 1 nitrogen and oxygen atoms in total. The van der Waals surface area contributed by atoms with Crippen molar-refractivity contribution in [1.29, 1.82) is 0 Å². The number of carbonyl (C=O) groups excluding carboxylic acids is 1. The first-order valence-corrected chi connectivity index (χ1v) is 5.61. The van der Waals surface area contributed by atoms with Gasteiger partial charge in [-0.3, -0.25) is 4.79 Å². The Morgan fingerprint density at radius 3 is 2.43 bits per heavy atom. The molecule has 0 heterocycles. The van der Waals surface area contributed by atoms with Crippen LogP contribution in [-0.4, -0.2) is 5.78 Å². The zero-order valence-electron chi connectivity index (χ0n) is 8.75. The maximum absolute atomic E-state index is 11.7. The van der Waals surface area contributed by atoms with Crippen molar-refractivity contribution >= 4 is 21.7 Å². The van der Waals surface area contributed by atoms with E-state index in [9.17, 15) is 4.79 Å². The second-order valence-corrected chi connectivity index (χ2v) is 4.75. The first-order valence-electron chi connectivity index (χ1n) is 4.81. The van der Waals surface area contributed by atoms with E-state index in [1.807, 2.05) is 45.0 Å². The Hall–Kier alpha value is -0.630. The Morgan fingerprint density at radius 1 is 1.29 bits per heavy atom. The highest BCUT2D eigenvalue weighted by Gasteiger charge is 2.17. The van der Waals surface area contributed by atoms with E-state index in [1.54, 1.807) is 0 Å². The van der Waals surface area contributed by atoms with Crippen molar-refractivity contribution in [2.75, 3.05) is 0 Å². The highest BCUT2D eigenvalue weighted by Crippen LogP contribution is 2.22. The lowest BCUT2D eigenvalue weighted by Crippen LogP contribution is -2.15. The van der Waals surface area contributed by atoms with Crippen LogP contribution in [0.4, 0.5) is 0 Å². The van der Waals surface area contributed by atoms with Crippen LogP contribution in [0.1, 0.15) is 32.3 Å². The second kappa shape index (κ2) is 4.74. The molecule has 0 spiro atoms. The topological polar surface area (TPSA) is 17.1 Å². The molecule has 0 aliphatic carbocycles. The van der Waals surface area contributed by atoms with E-state index in [4.69, 9.17) is 0 Å². The molecule has 76 valence electrons. The molecule has 1 aromatic carbocycles. The zero-order chi connectivity index (χ0) is 10.7. The van der Waals surface area contributed by atoms with Gasteiger partial charge in [0.25, 0.3) is 0 Å². The van der Waals surface area contributed by atoms with Gasteiger partial charge in [-0.25, -0.2) is 0 Å². The predicted octanol–water partition coefficient (Wildman–Crippen LogP) is 3.78. The van der Waals surface area contributed by atoms with E-state index in [1.165, 1.54) is 0 Å². The second-order valence-electron chi connectivity index (χ2n) is 3.83. The maximum Gasteiger partial charge on any atom is 0.142 e. The molecule has 0 fully saturated rings. The normalized spacial score (nSPS) is 12.9. The molecule has 1 aromatic rings. The van der Waals surface area contributed by atoms with Gasteiger partial charge in [0.05, 0.1) is 0 Å². The van der Waals surface area contributed by atoms with E-state index in [0.717, 1.165) is 10.0 Å². The van der Waals surface area contributed by atoms with Crippen molar-refractivity contribution in [1.82, 2.24) is 0 Å². The number of halogens is 1. The summed E-state index contributed by atoms with van der Waals surface area (Å²) in [6.07, 6.45) is 0. The lowest BCUT2D eigenvalue weighted by molar-refractivity contribution is -0.123. The number of rotatable bonds is 3. The van der Waals surface area contributed by atoms with Gasteiger partial charge < -0.3 is 0 Å². The first kappa shape index (κ1) is 11.4. The Balaban J connectivity index is 2.89. The third-order valence-electron chi connectivity index (χ3n) is 2.34. The van der Waals surface area contributed by atoms with Crippen LogP contribution in [0.25, 0.3) is 0 Å². The van der Waals surface area contributed by atoms with Crippen LogP contribution in [0.2, 0.25) is 0 Å². The molecule has 0 N–H and O–H groups in total. The summed E-state index contributed by atoms with van der Waals surface area (Å²) in [6.45, 7) is 5.84. The van der Waals surface area contributed by atoms with Crippen LogP contribution in [-0.2, 0) is 4.79 Å². The fraction of sp³-hybridized carbons (Fsp3) is 0.417. The number of benzene rings is 1. The smallest absolute Gasteiger partial charge is 0.142 e. The fourth-order valence-corrected chi connectivity index (χ4v) is 1.86. The molecule has 0 saturated heterocycles. The molecule has 0 aromatic heterocycles. The third-order valence-corrected chi connectivity index (χ3v) is 2.84. The van der Waals surface area contributed by atoms with Crippen molar-refractivity contribution in [2.45, 2.75) is 26.7 Å². The summed E-state index contributed by atoms with van der Waals surface area (Å²) in [4.78, 5) is 11.7. The summed E-state index contributed by atoms with van der Waals surface area (Å²) in [5.74, 6) is 0.389. The van der Waals surface area contributed by atoms with Gasteiger partial charge in [-0.1, -0.05) is 48.8 Å². The minimum Gasteiger partial charge on any atom is -0.299 e. The number of carbonyl (C=O) groups is 1. The Morgan fingerprint density at radius 2 is 1.93 bits per heavy atom. The summed E-state index contributed by atoms with van der Waals surface area (Å²) in [5.41, 5.74) is 1.08. The minimum atomic E-state index is -0.00694. The Bertz CT molecular complexity index is 331. The largest absolute Gasteiger partial charge is 0.299 e. The monoisotopic (exact) mass is 254 g/mol. The first-order chi connectivity index (χ1) is 6.52. The Kier molecular flexibility index (Phi) is 3.87. The molecule has 0 aliphatic rings. The zero-order valence-corrected chi connectivity index (χ0v) is 10.3. The standard InChI is InChI=1S/C12H15BrO/c1-8(2)12(14)9(3)10-5-4-6-11(13)7-10/h4-9H,1-3H3. The average Bonchev–Trinajstić information content (AvgIpc) is 2.15. The minimum absolute atomic E-state index is 0.00694. The highest BCUT2D eigenvalue weighted by atomic mass is 79.9. The molecule has 1 unspecified atom stereocenters. The molecule has 1 atom stereocenters. The number of ketones is 1. The molecule has 2 heteroatoms. The summed E-state index contributed by atoms with van der Waals surface area (Å²) in [5, 5.41) is 0. The van der Waals surface area contributed by atoms with Gasteiger partial charge in [0, 0.05) is 16.3 Å². The van der Waals surface area contributed by atoms with E-state index in [-0.39, 0.29) is 11.8 Å². The van der Waals surface area contributed by atoms with Crippen LogP contribution in [0, 0.1) is 5.92 Å². The maximum atomic E-state index is 11.7. The van der Waals surface area contributed by atoms with Gasteiger partial charge in [-0.2, -0.15) is 0 Å². The molecular weight excluding hydrogens is 240 g/mol. The van der Waals surface area contributed by atoms with E-state index >= 15 is 0 Å². The molecule has 0 aliphatic heterocycles. The predicted molar refractivity (Wildman–Crippen MR) is 62.4 cm³/mol. The summed E-state index contributed by atoms with van der Waals surface area (Å²) >= 11 is 3.41. The van der Waals surface area contributed by atoms with E-state index in [0.29, 0.717) is 5.78 Å². The van der Waals surface area contributed by atoms with Crippen molar-refractivity contribution in [3.05, 3.63) is 34.3 Å². The summed E-state index contributed by atoms with van der Waals surface area (Å²) in [6, 6.07) is 7.93. The van der Waals surface area contributed by atoms with Crippen LogP contribution in [0.15, 0.2) is 28.7 Å². The molecule has 0 saturated carbocycles. The van der Waals surface area contributed by atoms with Crippen molar-refractivity contribution in [3.8, 4) is 0 Å².